The van der Waals surface area contributed by atoms with Gasteiger partial charge in [-0.2, -0.15) is 5.48 Å². The van der Waals surface area contributed by atoms with Gasteiger partial charge >= 0.3 is 6.09 Å². The van der Waals surface area contributed by atoms with Crippen molar-refractivity contribution in [1.82, 2.24) is 15.7 Å². The molecular weight excluding hydrogens is 360 g/mol. The molecule has 0 aromatic heterocycles. The summed E-state index contributed by atoms with van der Waals surface area (Å²) < 4.78 is 5.38. The summed E-state index contributed by atoms with van der Waals surface area (Å²) in [5.74, 6) is -0.252. The zero-order chi connectivity index (χ0) is 20.7. The number of hydrogen-bond donors (Lipinski definition) is 4. The first-order chi connectivity index (χ1) is 13.2. The standard InChI is InChI=1S/C20H32N4O4/c1-14(22-18(25)11-21-27)12-24-10-6-8-15-7-5-9-17(16(15)13-24)23-19(26)28-20(2,3)4/h5,7,9,14,21,27H,6,8,10-13H2,1-4H3,(H,22,25)(H,23,26)/t14-/m0/s1. The van der Waals surface area contributed by atoms with Gasteiger partial charge in [-0.3, -0.25) is 15.0 Å². The van der Waals surface area contributed by atoms with Crippen molar-refractivity contribution in [2.24, 2.45) is 0 Å². The lowest BCUT2D eigenvalue weighted by molar-refractivity contribution is -0.122. The van der Waals surface area contributed by atoms with Gasteiger partial charge in [-0.25, -0.2) is 4.79 Å². The molecule has 0 saturated heterocycles. The number of nitrogens with zero attached hydrogens (tertiary/aromatic N) is 1. The summed E-state index contributed by atoms with van der Waals surface area (Å²) in [5.41, 5.74) is 4.37. The first-order valence-corrected chi connectivity index (χ1v) is 9.67. The highest BCUT2D eigenvalue weighted by molar-refractivity contribution is 5.86. The van der Waals surface area contributed by atoms with Gasteiger partial charge in [0.1, 0.15) is 5.60 Å². The number of hydroxylamine groups is 1. The highest BCUT2D eigenvalue weighted by atomic mass is 16.6. The predicted octanol–water partition coefficient (Wildman–Crippen LogP) is 2.27. The van der Waals surface area contributed by atoms with Crippen molar-refractivity contribution in [3.05, 3.63) is 29.3 Å². The van der Waals surface area contributed by atoms with E-state index in [2.05, 4.69) is 21.6 Å². The molecule has 156 valence electrons. The number of anilines is 1. The van der Waals surface area contributed by atoms with Crippen LogP contribution in [0.3, 0.4) is 0 Å². The van der Waals surface area contributed by atoms with Gasteiger partial charge in [-0.05, 0) is 64.3 Å². The molecule has 0 fully saturated rings. The number of ether oxygens (including phenoxy) is 1. The Labute approximate surface area is 166 Å². The molecule has 0 spiro atoms. The summed E-state index contributed by atoms with van der Waals surface area (Å²) in [6.45, 7) is 9.57. The molecule has 28 heavy (non-hydrogen) atoms. The van der Waals surface area contributed by atoms with Crippen molar-refractivity contribution >= 4 is 17.7 Å². The minimum atomic E-state index is -0.557. The highest BCUT2D eigenvalue weighted by Gasteiger charge is 2.22. The van der Waals surface area contributed by atoms with Gasteiger partial charge in [0.15, 0.2) is 0 Å². The van der Waals surface area contributed by atoms with Gasteiger partial charge in [0.2, 0.25) is 5.91 Å². The Morgan fingerprint density at radius 3 is 2.75 bits per heavy atom. The Kier molecular flexibility index (Phi) is 7.79. The van der Waals surface area contributed by atoms with Crippen LogP contribution in [0.1, 0.15) is 45.2 Å². The third-order valence-electron chi connectivity index (χ3n) is 4.39. The minimum Gasteiger partial charge on any atom is -0.444 e. The number of fused-ring (bicyclic) bond motifs is 1. The van der Waals surface area contributed by atoms with Crippen LogP contribution >= 0.6 is 0 Å². The number of aryl methyl sites for hydroxylation is 1. The van der Waals surface area contributed by atoms with Crippen molar-refractivity contribution in [3.63, 3.8) is 0 Å². The van der Waals surface area contributed by atoms with Crippen LogP contribution in [-0.2, 0) is 22.5 Å². The van der Waals surface area contributed by atoms with Crippen LogP contribution < -0.4 is 16.1 Å². The first-order valence-electron chi connectivity index (χ1n) is 9.67. The third kappa shape index (κ3) is 7.10. The maximum atomic E-state index is 12.2. The Bertz CT molecular complexity index is 687. The molecule has 2 rings (SSSR count). The molecule has 1 aliphatic heterocycles. The molecule has 1 heterocycles. The average Bonchev–Trinajstić information content (AvgIpc) is 2.75. The van der Waals surface area contributed by atoms with E-state index in [0.29, 0.717) is 13.1 Å². The number of rotatable bonds is 6. The number of carbonyl (C=O) groups is 2. The van der Waals surface area contributed by atoms with Crippen LogP contribution in [-0.4, -0.2) is 53.4 Å². The quantitative estimate of drug-likeness (QED) is 0.554. The molecule has 0 saturated carbocycles. The van der Waals surface area contributed by atoms with Gasteiger partial charge in [-0.15, -0.1) is 0 Å². The van der Waals surface area contributed by atoms with E-state index in [1.54, 1.807) is 0 Å². The van der Waals surface area contributed by atoms with Crippen LogP contribution in [0.25, 0.3) is 0 Å². The van der Waals surface area contributed by atoms with E-state index in [1.807, 2.05) is 45.3 Å². The lowest BCUT2D eigenvalue weighted by Crippen LogP contribution is -2.44. The molecule has 0 unspecified atom stereocenters. The van der Waals surface area contributed by atoms with Gasteiger partial charge in [0, 0.05) is 24.8 Å². The lowest BCUT2D eigenvalue weighted by atomic mass is 10.0. The van der Waals surface area contributed by atoms with Gasteiger partial charge in [0.25, 0.3) is 0 Å². The summed E-state index contributed by atoms with van der Waals surface area (Å²) in [7, 11) is 0. The van der Waals surface area contributed by atoms with Crippen molar-refractivity contribution in [1.29, 1.82) is 0 Å². The number of amides is 2. The van der Waals surface area contributed by atoms with Crippen LogP contribution in [0, 0.1) is 0 Å². The molecule has 4 N–H and O–H groups in total. The molecule has 8 heteroatoms. The monoisotopic (exact) mass is 392 g/mol. The Morgan fingerprint density at radius 2 is 2.07 bits per heavy atom. The molecule has 0 bridgehead atoms. The van der Waals surface area contributed by atoms with E-state index in [4.69, 9.17) is 9.94 Å². The fourth-order valence-electron chi connectivity index (χ4n) is 3.37. The number of nitrogens with one attached hydrogen (secondary N) is 3. The zero-order valence-electron chi connectivity index (χ0n) is 17.2. The maximum absolute atomic E-state index is 12.2. The van der Waals surface area contributed by atoms with E-state index in [-0.39, 0.29) is 18.5 Å². The fourth-order valence-corrected chi connectivity index (χ4v) is 3.37. The molecular formula is C20H32N4O4. The summed E-state index contributed by atoms with van der Waals surface area (Å²) >= 11 is 0. The van der Waals surface area contributed by atoms with Crippen LogP contribution in [0.15, 0.2) is 18.2 Å². The van der Waals surface area contributed by atoms with Crippen LogP contribution in [0.5, 0.6) is 0 Å². The Morgan fingerprint density at radius 1 is 1.32 bits per heavy atom. The van der Waals surface area contributed by atoms with Crippen molar-refractivity contribution < 1.29 is 19.5 Å². The third-order valence-corrected chi connectivity index (χ3v) is 4.39. The predicted molar refractivity (Wildman–Crippen MR) is 107 cm³/mol. The Hall–Kier alpha value is -2.16. The normalized spacial score (nSPS) is 15.9. The van der Waals surface area contributed by atoms with Crippen molar-refractivity contribution in [2.45, 2.75) is 58.7 Å². The molecule has 2 amide bonds. The van der Waals surface area contributed by atoms with E-state index < -0.39 is 11.7 Å². The van der Waals surface area contributed by atoms with Crippen molar-refractivity contribution in [3.8, 4) is 0 Å². The lowest BCUT2D eigenvalue weighted by Gasteiger charge is -2.26. The summed E-state index contributed by atoms with van der Waals surface area (Å²) in [6.07, 6.45) is 1.47. The molecule has 1 aromatic rings. The number of carbonyl (C=O) groups excluding carboxylic acids is 2. The van der Waals surface area contributed by atoms with E-state index >= 15 is 0 Å². The summed E-state index contributed by atoms with van der Waals surface area (Å²) in [5, 5.41) is 14.4. The summed E-state index contributed by atoms with van der Waals surface area (Å²) in [4.78, 5) is 26.1. The molecule has 0 radical (unpaired) electrons. The van der Waals surface area contributed by atoms with E-state index in [1.165, 1.54) is 5.56 Å². The minimum absolute atomic E-state index is 0.0617. The molecule has 0 aliphatic carbocycles. The average molecular weight is 393 g/mol. The topological polar surface area (TPSA) is 103 Å². The molecule has 1 aromatic carbocycles. The highest BCUT2D eigenvalue weighted by Crippen LogP contribution is 2.26. The maximum Gasteiger partial charge on any atom is 0.412 e. The summed E-state index contributed by atoms with van der Waals surface area (Å²) in [6, 6.07) is 5.88. The smallest absolute Gasteiger partial charge is 0.412 e. The number of hydrogen-bond acceptors (Lipinski definition) is 6. The molecule has 8 nitrogen and oxygen atoms in total. The second-order valence-electron chi connectivity index (χ2n) is 8.21. The number of benzene rings is 1. The van der Waals surface area contributed by atoms with Crippen molar-refractivity contribution in [2.75, 3.05) is 25.0 Å². The zero-order valence-corrected chi connectivity index (χ0v) is 17.2. The second kappa shape index (κ2) is 9.86. The van der Waals surface area contributed by atoms with E-state index in [9.17, 15) is 9.59 Å². The van der Waals surface area contributed by atoms with Gasteiger partial charge in [-0.1, -0.05) is 12.1 Å². The first kappa shape index (κ1) is 22.1. The SMILES string of the molecule is C[C@@H](CN1CCCc2cccc(NC(=O)OC(C)(C)C)c2C1)NC(=O)CNO. The Balaban J connectivity index is 2.07. The van der Waals surface area contributed by atoms with Gasteiger partial charge < -0.3 is 15.3 Å². The van der Waals surface area contributed by atoms with Crippen LogP contribution in [0.4, 0.5) is 10.5 Å². The second-order valence-corrected chi connectivity index (χ2v) is 8.21. The largest absolute Gasteiger partial charge is 0.444 e. The molecule has 1 aliphatic rings. The molecule has 1 atom stereocenters. The van der Waals surface area contributed by atoms with E-state index in [0.717, 1.165) is 30.6 Å². The fraction of sp³-hybridized carbons (Fsp3) is 0.600. The van der Waals surface area contributed by atoms with Gasteiger partial charge in [0.05, 0.1) is 6.54 Å². The van der Waals surface area contributed by atoms with Crippen LogP contribution in [0.2, 0.25) is 0 Å².